The van der Waals surface area contributed by atoms with Crippen molar-refractivity contribution < 1.29 is 19.0 Å². The molecule has 4 nitrogen and oxygen atoms in total. The van der Waals surface area contributed by atoms with Crippen LogP contribution in [0.3, 0.4) is 0 Å². The Hall–Kier alpha value is -1.03. The van der Waals surface area contributed by atoms with E-state index in [2.05, 4.69) is 0 Å². The SMILES string of the molecule is O=C1O[C@@H]2[C@H](O1)[C@H]1C=C[C@H]2O1. The van der Waals surface area contributed by atoms with Gasteiger partial charge in [-0.3, -0.25) is 0 Å². The zero-order valence-electron chi connectivity index (χ0n) is 5.60. The average molecular weight is 154 g/mol. The summed E-state index contributed by atoms with van der Waals surface area (Å²) in [5.74, 6) is 0. The number of carbonyl (C=O) groups excluding carboxylic acids is 1. The van der Waals surface area contributed by atoms with E-state index in [0.29, 0.717) is 0 Å². The molecule has 0 aliphatic carbocycles. The Morgan fingerprint density at radius 1 is 1.09 bits per heavy atom. The number of hydrogen-bond donors (Lipinski definition) is 0. The van der Waals surface area contributed by atoms with E-state index in [9.17, 15) is 4.79 Å². The zero-order chi connectivity index (χ0) is 7.42. The smallest absolute Gasteiger partial charge is 0.424 e. The Kier molecular flexibility index (Phi) is 0.806. The molecule has 2 saturated heterocycles. The third-order valence-corrected chi connectivity index (χ3v) is 2.24. The first-order valence-electron chi connectivity index (χ1n) is 3.56. The van der Waals surface area contributed by atoms with E-state index in [1.165, 1.54) is 0 Å². The highest BCUT2D eigenvalue weighted by Gasteiger charge is 2.55. The standard InChI is InChI=1S/C7H6O4/c8-7-10-5-3-1-2-4(9-3)6(5)11-7/h1-6H/t3-,4-,5-,6+/m1/s1. The summed E-state index contributed by atoms with van der Waals surface area (Å²) in [5, 5.41) is 0. The first kappa shape index (κ1) is 5.60. The summed E-state index contributed by atoms with van der Waals surface area (Å²) in [6.45, 7) is 0. The van der Waals surface area contributed by atoms with Crippen LogP contribution in [0.1, 0.15) is 0 Å². The molecule has 11 heavy (non-hydrogen) atoms. The summed E-state index contributed by atoms with van der Waals surface area (Å²) in [6.07, 6.45) is 2.71. The fourth-order valence-corrected chi connectivity index (χ4v) is 1.76. The lowest BCUT2D eigenvalue weighted by Crippen LogP contribution is -2.30. The fourth-order valence-electron chi connectivity index (χ4n) is 1.76. The first-order chi connectivity index (χ1) is 5.34. The van der Waals surface area contributed by atoms with Gasteiger partial charge < -0.3 is 14.2 Å². The van der Waals surface area contributed by atoms with Crippen LogP contribution in [0.2, 0.25) is 0 Å². The lowest BCUT2D eigenvalue weighted by Gasteiger charge is -2.10. The molecule has 0 aromatic rings. The molecular formula is C7H6O4. The molecule has 2 bridgehead atoms. The van der Waals surface area contributed by atoms with Gasteiger partial charge in [-0.05, 0) is 0 Å². The molecular weight excluding hydrogens is 148 g/mol. The maximum Gasteiger partial charge on any atom is 0.509 e. The van der Waals surface area contributed by atoms with Crippen molar-refractivity contribution in [2.45, 2.75) is 24.4 Å². The van der Waals surface area contributed by atoms with E-state index in [1.807, 2.05) is 12.2 Å². The number of ether oxygens (including phenoxy) is 3. The predicted molar refractivity (Wildman–Crippen MR) is 32.9 cm³/mol. The van der Waals surface area contributed by atoms with Crippen LogP contribution in [0.5, 0.6) is 0 Å². The summed E-state index contributed by atoms with van der Waals surface area (Å²) in [5.41, 5.74) is 0. The molecule has 0 amide bonds. The summed E-state index contributed by atoms with van der Waals surface area (Å²) in [7, 11) is 0. The maximum atomic E-state index is 10.6. The highest BCUT2D eigenvalue weighted by molar-refractivity contribution is 5.63. The van der Waals surface area contributed by atoms with Gasteiger partial charge in [0.05, 0.1) is 0 Å². The second-order valence-corrected chi connectivity index (χ2v) is 2.87. The van der Waals surface area contributed by atoms with Crippen LogP contribution in [0, 0.1) is 0 Å². The molecule has 4 heteroatoms. The Morgan fingerprint density at radius 2 is 1.64 bits per heavy atom. The lowest BCUT2D eigenvalue weighted by atomic mass is 10.0. The van der Waals surface area contributed by atoms with E-state index in [0.717, 1.165) is 0 Å². The molecule has 0 aromatic carbocycles. The molecule has 3 aliphatic heterocycles. The molecule has 0 N–H and O–H groups in total. The van der Waals surface area contributed by atoms with Crippen molar-refractivity contribution >= 4 is 6.16 Å². The Bertz CT molecular complexity index is 225. The number of rotatable bonds is 0. The fraction of sp³-hybridized carbons (Fsp3) is 0.571. The minimum absolute atomic E-state index is 0.0727. The highest BCUT2D eigenvalue weighted by atomic mass is 16.8. The van der Waals surface area contributed by atoms with E-state index in [4.69, 9.17) is 14.2 Å². The minimum Gasteiger partial charge on any atom is -0.424 e. The molecule has 0 saturated carbocycles. The van der Waals surface area contributed by atoms with E-state index < -0.39 is 6.16 Å². The average Bonchev–Trinajstić information content (AvgIpc) is 2.53. The van der Waals surface area contributed by atoms with Gasteiger partial charge in [0.15, 0.2) is 12.2 Å². The molecule has 2 fully saturated rings. The summed E-state index contributed by atoms with van der Waals surface area (Å²) >= 11 is 0. The Morgan fingerprint density at radius 3 is 2.18 bits per heavy atom. The normalized spacial score (nSPS) is 50.7. The first-order valence-corrected chi connectivity index (χ1v) is 3.56. The summed E-state index contributed by atoms with van der Waals surface area (Å²) in [4.78, 5) is 10.6. The summed E-state index contributed by atoms with van der Waals surface area (Å²) in [6, 6.07) is 0. The molecule has 3 aliphatic rings. The third-order valence-electron chi connectivity index (χ3n) is 2.24. The monoisotopic (exact) mass is 154 g/mol. The van der Waals surface area contributed by atoms with Gasteiger partial charge in [0.1, 0.15) is 12.2 Å². The number of carbonyl (C=O) groups is 1. The summed E-state index contributed by atoms with van der Waals surface area (Å²) < 4.78 is 15.1. The molecule has 58 valence electrons. The van der Waals surface area contributed by atoms with E-state index in [-0.39, 0.29) is 24.4 Å². The van der Waals surface area contributed by atoms with Crippen molar-refractivity contribution in [3.63, 3.8) is 0 Å². The van der Waals surface area contributed by atoms with Crippen LogP contribution in [0.4, 0.5) is 4.79 Å². The van der Waals surface area contributed by atoms with Gasteiger partial charge in [0.2, 0.25) is 0 Å². The highest BCUT2D eigenvalue weighted by Crippen LogP contribution is 2.37. The van der Waals surface area contributed by atoms with E-state index in [1.54, 1.807) is 0 Å². The second kappa shape index (κ2) is 1.58. The zero-order valence-corrected chi connectivity index (χ0v) is 5.60. The van der Waals surface area contributed by atoms with Crippen molar-refractivity contribution in [2.75, 3.05) is 0 Å². The molecule has 0 aromatic heterocycles. The third kappa shape index (κ3) is 0.557. The maximum absolute atomic E-state index is 10.6. The van der Waals surface area contributed by atoms with Gasteiger partial charge in [0, 0.05) is 0 Å². The molecule has 0 unspecified atom stereocenters. The van der Waals surface area contributed by atoms with Gasteiger partial charge in [-0.25, -0.2) is 4.79 Å². The topological polar surface area (TPSA) is 44.8 Å². The molecule has 3 heterocycles. The van der Waals surface area contributed by atoms with Gasteiger partial charge >= 0.3 is 6.16 Å². The Labute approximate surface area is 62.7 Å². The number of hydrogen-bond acceptors (Lipinski definition) is 4. The van der Waals surface area contributed by atoms with E-state index >= 15 is 0 Å². The van der Waals surface area contributed by atoms with Crippen molar-refractivity contribution in [1.29, 1.82) is 0 Å². The van der Waals surface area contributed by atoms with Crippen LogP contribution in [-0.4, -0.2) is 30.6 Å². The van der Waals surface area contributed by atoms with Crippen molar-refractivity contribution in [2.24, 2.45) is 0 Å². The van der Waals surface area contributed by atoms with Gasteiger partial charge in [-0.1, -0.05) is 12.2 Å². The van der Waals surface area contributed by atoms with Gasteiger partial charge in [0.25, 0.3) is 0 Å². The van der Waals surface area contributed by atoms with Crippen molar-refractivity contribution in [3.05, 3.63) is 12.2 Å². The van der Waals surface area contributed by atoms with Crippen LogP contribution in [0.25, 0.3) is 0 Å². The van der Waals surface area contributed by atoms with Crippen LogP contribution in [-0.2, 0) is 14.2 Å². The largest absolute Gasteiger partial charge is 0.509 e. The second-order valence-electron chi connectivity index (χ2n) is 2.87. The van der Waals surface area contributed by atoms with Gasteiger partial charge in [-0.15, -0.1) is 0 Å². The quantitative estimate of drug-likeness (QED) is 0.370. The lowest BCUT2D eigenvalue weighted by molar-refractivity contribution is 0.0262. The van der Waals surface area contributed by atoms with Crippen LogP contribution in [0.15, 0.2) is 12.2 Å². The van der Waals surface area contributed by atoms with Crippen molar-refractivity contribution in [1.82, 2.24) is 0 Å². The van der Waals surface area contributed by atoms with Gasteiger partial charge in [-0.2, -0.15) is 0 Å². The minimum atomic E-state index is -0.568. The van der Waals surface area contributed by atoms with Crippen LogP contribution >= 0.6 is 0 Å². The molecule has 0 radical (unpaired) electrons. The molecule has 0 spiro atoms. The Balaban J connectivity index is 1.97. The molecule has 4 atom stereocenters. The molecule has 3 rings (SSSR count). The van der Waals surface area contributed by atoms with Crippen molar-refractivity contribution in [3.8, 4) is 0 Å². The predicted octanol–water partition coefficient (Wildman–Crippen LogP) is 0.228. The van der Waals surface area contributed by atoms with Crippen LogP contribution < -0.4 is 0 Å². The number of fused-ring (bicyclic) bond motifs is 5.